The molecule has 27 heavy (non-hydrogen) atoms. The first-order valence-corrected chi connectivity index (χ1v) is 8.09. The van der Waals surface area contributed by atoms with Gasteiger partial charge in [-0.1, -0.05) is 24.3 Å². The van der Waals surface area contributed by atoms with E-state index in [1.165, 1.54) is 36.2 Å². The minimum absolute atomic E-state index is 0.253. The number of ether oxygens (including phenoxy) is 2. The van der Waals surface area contributed by atoms with E-state index in [-0.39, 0.29) is 5.75 Å². The van der Waals surface area contributed by atoms with E-state index < -0.39 is 35.9 Å². The molecule has 1 fully saturated rings. The lowest BCUT2D eigenvalue weighted by atomic mass is 10.0. The molecule has 0 aromatic heterocycles. The predicted octanol–water partition coefficient (Wildman–Crippen LogP) is 4.12. The first kappa shape index (κ1) is 18.8. The van der Waals surface area contributed by atoms with E-state index in [0.717, 1.165) is 12.1 Å². The fourth-order valence-electron chi connectivity index (χ4n) is 2.76. The van der Waals surface area contributed by atoms with Crippen molar-refractivity contribution >= 4 is 12.1 Å². The van der Waals surface area contributed by atoms with Gasteiger partial charge in [0, 0.05) is 7.05 Å². The van der Waals surface area contributed by atoms with E-state index in [2.05, 4.69) is 0 Å². The molecule has 1 amide bonds. The summed E-state index contributed by atoms with van der Waals surface area (Å²) in [5.41, 5.74) is 0.556. The summed E-state index contributed by atoms with van der Waals surface area (Å²) >= 11 is 0. The Morgan fingerprint density at radius 1 is 1.04 bits per heavy atom. The van der Waals surface area contributed by atoms with E-state index >= 15 is 0 Å². The molecule has 0 aliphatic carbocycles. The highest BCUT2D eigenvalue weighted by molar-refractivity contribution is 5.86. The molecule has 0 radical (unpaired) electrons. The molecule has 1 aliphatic heterocycles. The molecule has 0 spiro atoms. The summed E-state index contributed by atoms with van der Waals surface area (Å²) in [5.74, 6) is -0.234. The first-order chi connectivity index (χ1) is 12.7. The lowest BCUT2D eigenvalue weighted by molar-refractivity contribution is -0.181. The first-order valence-electron chi connectivity index (χ1n) is 8.09. The van der Waals surface area contributed by atoms with E-state index in [1.54, 1.807) is 19.1 Å². The Morgan fingerprint density at radius 3 is 2.00 bits per heavy atom. The third kappa shape index (κ3) is 3.89. The average molecular weight is 379 g/mol. The van der Waals surface area contributed by atoms with Crippen molar-refractivity contribution in [2.75, 3.05) is 7.05 Å². The molecule has 3 rings (SSSR count). The van der Waals surface area contributed by atoms with E-state index in [1.807, 2.05) is 0 Å². The highest BCUT2D eigenvalue weighted by Crippen LogP contribution is 2.31. The van der Waals surface area contributed by atoms with E-state index in [4.69, 9.17) is 9.47 Å². The molecule has 1 saturated heterocycles. The largest absolute Gasteiger partial charge is 0.458 e. The van der Waals surface area contributed by atoms with Gasteiger partial charge in [0.2, 0.25) is 0 Å². The maximum atomic E-state index is 12.6. The Kier molecular flexibility index (Phi) is 4.82. The monoisotopic (exact) mass is 379 g/mol. The third-order valence-electron chi connectivity index (χ3n) is 4.30. The number of carbonyl (C=O) groups excluding carboxylic acids is 2. The molecular formula is C19H16F3NO4. The average Bonchev–Trinajstić information content (AvgIpc) is 2.61. The number of cyclic esters (lactones) is 1. The Labute approximate surface area is 153 Å². The van der Waals surface area contributed by atoms with Gasteiger partial charge in [-0.2, -0.15) is 13.2 Å². The van der Waals surface area contributed by atoms with Crippen molar-refractivity contribution in [1.82, 2.24) is 4.90 Å². The second kappa shape index (κ2) is 6.94. The van der Waals surface area contributed by atoms with Gasteiger partial charge in [-0.05, 0) is 42.3 Å². The Morgan fingerprint density at radius 2 is 1.56 bits per heavy atom. The van der Waals surface area contributed by atoms with Gasteiger partial charge in [0.25, 0.3) is 0 Å². The molecule has 0 N–H and O–H groups in total. The van der Waals surface area contributed by atoms with Gasteiger partial charge < -0.3 is 9.47 Å². The molecule has 0 bridgehead atoms. The number of hydrogen-bond donors (Lipinski definition) is 0. The van der Waals surface area contributed by atoms with E-state index in [0.29, 0.717) is 11.1 Å². The zero-order valence-corrected chi connectivity index (χ0v) is 14.5. The molecule has 0 saturated carbocycles. The van der Waals surface area contributed by atoms with Crippen LogP contribution < -0.4 is 4.74 Å². The minimum atomic E-state index is -4.38. The van der Waals surface area contributed by atoms with Gasteiger partial charge in [-0.15, -0.1) is 0 Å². The summed E-state index contributed by atoms with van der Waals surface area (Å²) in [6.45, 7) is 1.68. The number of halogens is 3. The molecule has 0 unspecified atom stereocenters. The molecule has 5 nitrogen and oxygen atoms in total. The second-order valence-electron chi connectivity index (χ2n) is 6.17. The number of alkyl halides is 3. The maximum absolute atomic E-state index is 12.6. The summed E-state index contributed by atoms with van der Waals surface area (Å²) in [6, 6.07) is 10.4. The topological polar surface area (TPSA) is 55.8 Å². The molecule has 142 valence electrons. The van der Waals surface area contributed by atoms with Crippen LogP contribution in [0.25, 0.3) is 11.1 Å². The smallest absolute Gasteiger partial charge is 0.416 e. The van der Waals surface area contributed by atoms with Gasteiger partial charge in [0.1, 0.15) is 11.9 Å². The van der Waals surface area contributed by atoms with Crippen LogP contribution in [0.15, 0.2) is 48.5 Å². The van der Waals surface area contributed by atoms with Crippen molar-refractivity contribution in [2.24, 2.45) is 0 Å². The van der Waals surface area contributed by atoms with Gasteiger partial charge >= 0.3 is 18.2 Å². The highest BCUT2D eigenvalue weighted by Gasteiger charge is 2.44. The van der Waals surface area contributed by atoms with Crippen LogP contribution in [0.4, 0.5) is 18.0 Å². The molecule has 1 heterocycles. The number of esters is 1. The predicted molar refractivity (Wildman–Crippen MR) is 90.0 cm³/mol. The highest BCUT2D eigenvalue weighted by atomic mass is 19.4. The van der Waals surface area contributed by atoms with Crippen LogP contribution in [0.1, 0.15) is 12.5 Å². The number of hydrogen-bond acceptors (Lipinski definition) is 4. The Hall–Kier alpha value is -3.03. The minimum Gasteiger partial charge on any atom is -0.458 e. The van der Waals surface area contributed by atoms with Crippen LogP contribution in [0.2, 0.25) is 0 Å². The summed E-state index contributed by atoms with van der Waals surface area (Å²) < 4.78 is 47.9. The van der Waals surface area contributed by atoms with Crippen LogP contribution >= 0.6 is 0 Å². The molecular weight excluding hydrogens is 363 g/mol. The van der Waals surface area contributed by atoms with Crippen molar-refractivity contribution in [2.45, 2.75) is 25.2 Å². The van der Waals surface area contributed by atoms with Gasteiger partial charge in [-0.3, -0.25) is 4.90 Å². The fourth-order valence-corrected chi connectivity index (χ4v) is 2.76. The summed E-state index contributed by atoms with van der Waals surface area (Å²) in [7, 11) is 1.44. The van der Waals surface area contributed by atoms with Crippen molar-refractivity contribution in [3.05, 3.63) is 54.1 Å². The number of likely N-dealkylation sites (N-methyl/N-ethyl adjacent to an activating group) is 1. The number of rotatable bonds is 3. The van der Waals surface area contributed by atoms with Crippen LogP contribution in [-0.2, 0) is 15.7 Å². The van der Waals surface area contributed by atoms with Gasteiger partial charge in [0.05, 0.1) is 5.56 Å². The number of amides is 1. The van der Waals surface area contributed by atoms with Crippen LogP contribution in [0, 0.1) is 0 Å². The van der Waals surface area contributed by atoms with Crippen molar-refractivity contribution in [3.8, 4) is 16.9 Å². The van der Waals surface area contributed by atoms with Gasteiger partial charge in [0.15, 0.2) is 6.04 Å². The Balaban J connectivity index is 1.67. The van der Waals surface area contributed by atoms with Crippen molar-refractivity contribution in [1.29, 1.82) is 0 Å². The van der Waals surface area contributed by atoms with Crippen LogP contribution in [-0.4, -0.2) is 36.2 Å². The standard InChI is InChI=1S/C19H16F3NO4/c1-11-16(17(24)26-11)23(2)18(25)27-15-9-5-13(6-10-15)12-3-7-14(8-4-12)19(20,21)22/h3-11,16H,1-2H3/t11-,16+/m0/s1. The summed E-state index contributed by atoms with van der Waals surface area (Å²) in [5, 5.41) is 0. The maximum Gasteiger partial charge on any atom is 0.416 e. The van der Waals surface area contributed by atoms with Crippen molar-refractivity contribution < 1.29 is 32.2 Å². The molecule has 2 atom stereocenters. The lowest BCUT2D eigenvalue weighted by Crippen LogP contribution is -2.59. The Bertz CT molecular complexity index is 847. The molecule has 1 aliphatic rings. The molecule has 8 heteroatoms. The quantitative estimate of drug-likeness (QED) is 0.753. The normalized spacial score (nSPS) is 19.1. The summed E-state index contributed by atoms with van der Waals surface area (Å²) in [6.07, 6.45) is -5.48. The van der Waals surface area contributed by atoms with Gasteiger partial charge in [-0.25, -0.2) is 9.59 Å². The number of carbonyl (C=O) groups is 2. The van der Waals surface area contributed by atoms with E-state index in [9.17, 15) is 22.8 Å². The fraction of sp³-hybridized carbons (Fsp3) is 0.263. The summed E-state index contributed by atoms with van der Waals surface area (Å²) in [4.78, 5) is 24.7. The van der Waals surface area contributed by atoms with Crippen LogP contribution in [0.5, 0.6) is 5.75 Å². The van der Waals surface area contributed by atoms with Crippen LogP contribution in [0.3, 0.4) is 0 Å². The second-order valence-corrected chi connectivity index (χ2v) is 6.17. The number of benzene rings is 2. The molecule has 2 aromatic carbocycles. The third-order valence-corrected chi connectivity index (χ3v) is 4.30. The zero-order valence-electron chi connectivity index (χ0n) is 14.5. The van der Waals surface area contributed by atoms with Crippen molar-refractivity contribution in [3.63, 3.8) is 0 Å². The SMILES string of the molecule is C[C@@H]1OC(=O)[C@@H]1N(C)C(=O)Oc1ccc(-c2ccc(C(F)(F)F)cc2)cc1. The zero-order chi connectivity index (χ0) is 19.8. The number of nitrogens with zero attached hydrogens (tertiary/aromatic N) is 1. The molecule has 2 aromatic rings. The lowest BCUT2D eigenvalue weighted by Gasteiger charge is -2.37.